The average molecular weight is 355 g/mol. The van der Waals surface area contributed by atoms with E-state index in [1.807, 2.05) is 44.2 Å². The zero-order valence-corrected chi connectivity index (χ0v) is 14.9. The van der Waals surface area contributed by atoms with Crippen molar-refractivity contribution in [1.82, 2.24) is 5.48 Å². The second-order valence-corrected chi connectivity index (χ2v) is 6.40. The Morgan fingerprint density at radius 1 is 1.19 bits per heavy atom. The molecule has 2 aromatic rings. The Morgan fingerprint density at radius 3 is 2.58 bits per heavy atom. The molecule has 1 aliphatic heterocycles. The summed E-state index contributed by atoms with van der Waals surface area (Å²) in [5.41, 5.74) is 5.43. The SMILES string of the molecule is COc1ccc(C(=O)O)cc1OCC1(C)C=C(c2ccc(C)cc2)NO1. The Balaban J connectivity index is 1.76. The molecule has 1 aliphatic rings. The lowest BCUT2D eigenvalue weighted by Gasteiger charge is -2.21. The lowest BCUT2D eigenvalue weighted by molar-refractivity contribution is -0.0476. The number of ether oxygens (including phenoxy) is 2. The molecule has 0 saturated carbocycles. The van der Waals surface area contributed by atoms with E-state index in [0.29, 0.717) is 11.5 Å². The Labute approximate surface area is 152 Å². The standard InChI is InChI=1S/C20H21NO5/c1-13-4-6-14(7-5-13)16-11-20(2,26-21-16)12-25-18-10-15(19(22)23)8-9-17(18)24-3/h4-11,21H,12H2,1-3H3,(H,22,23). The molecule has 6 nitrogen and oxygen atoms in total. The average Bonchev–Trinajstić information content (AvgIpc) is 3.03. The van der Waals surface area contributed by atoms with Gasteiger partial charge in [0.1, 0.15) is 12.2 Å². The fraction of sp³-hybridized carbons (Fsp3) is 0.250. The second-order valence-electron chi connectivity index (χ2n) is 6.40. The van der Waals surface area contributed by atoms with Crippen molar-refractivity contribution in [3.05, 3.63) is 65.2 Å². The summed E-state index contributed by atoms with van der Waals surface area (Å²) in [6.07, 6.45) is 1.95. The van der Waals surface area contributed by atoms with E-state index in [9.17, 15) is 4.79 Å². The summed E-state index contributed by atoms with van der Waals surface area (Å²) in [4.78, 5) is 16.8. The third-order valence-electron chi connectivity index (χ3n) is 4.13. The maximum absolute atomic E-state index is 11.2. The summed E-state index contributed by atoms with van der Waals surface area (Å²) in [7, 11) is 1.51. The molecule has 0 aromatic heterocycles. The number of hydrogen-bond donors (Lipinski definition) is 2. The summed E-state index contributed by atoms with van der Waals surface area (Å²) in [6, 6.07) is 12.6. The zero-order chi connectivity index (χ0) is 18.7. The van der Waals surface area contributed by atoms with Gasteiger partial charge in [-0.1, -0.05) is 29.8 Å². The van der Waals surface area contributed by atoms with Gasteiger partial charge in [0.15, 0.2) is 11.5 Å². The molecule has 136 valence electrons. The Bertz CT molecular complexity index is 844. The van der Waals surface area contributed by atoms with Crippen molar-refractivity contribution in [3.8, 4) is 11.5 Å². The molecule has 26 heavy (non-hydrogen) atoms. The number of carbonyl (C=O) groups is 1. The van der Waals surface area contributed by atoms with Crippen LogP contribution in [-0.4, -0.2) is 30.4 Å². The van der Waals surface area contributed by atoms with E-state index >= 15 is 0 Å². The van der Waals surface area contributed by atoms with E-state index in [2.05, 4.69) is 5.48 Å². The van der Waals surface area contributed by atoms with Crippen molar-refractivity contribution in [3.63, 3.8) is 0 Å². The van der Waals surface area contributed by atoms with Gasteiger partial charge in [0, 0.05) is 0 Å². The number of carboxylic acid groups (broad SMARTS) is 1. The number of rotatable bonds is 6. The van der Waals surface area contributed by atoms with Crippen LogP contribution in [0, 0.1) is 6.92 Å². The number of hydrogen-bond acceptors (Lipinski definition) is 5. The third kappa shape index (κ3) is 3.81. The molecule has 0 amide bonds. The van der Waals surface area contributed by atoms with E-state index in [-0.39, 0.29) is 12.2 Å². The number of nitrogens with one attached hydrogen (secondary N) is 1. The van der Waals surface area contributed by atoms with Gasteiger partial charge in [-0.05, 0) is 43.7 Å². The summed E-state index contributed by atoms with van der Waals surface area (Å²) in [5, 5.41) is 9.14. The normalized spacial score (nSPS) is 18.8. The smallest absolute Gasteiger partial charge is 0.335 e. The first kappa shape index (κ1) is 17.8. The van der Waals surface area contributed by atoms with Crippen LogP contribution in [-0.2, 0) is 4.84 Å². The highest BCUT2D eigenvalue weighted by molar-refractivity contribution is 5.88. The molecule has 0 fully saturated rings. The molecule has 1 unspecified atom stereocenters. The van der Waals surface area contributed by atoms with Gasteiger partial charge in [-0.25, -0.2) is 4.79 Å². The molecule has 0 bridgehead atoms. The number of carboxylic acids is 1. The first-order valence-corrected chi connectivity index (χ1v) is 8.18. The van der Waals surface area contributed by atoms with Gasteiger partial charge in [-0.3, -0.25) is 10.3 Å². The van der Waals surface area contributed by atoms with Crippen molar-refractivity contribution in [1.29, 1.82) is 0 Å². The number of aromatic carboxylic acids is 1. The lowest BCUT2D eigenvalue weighted by Crippen LogP contribution is -2.33. The van der Waals surface area contributed by atoms with Gasteiger partial charge in [-0.2, -0.15) is 0 Å². The summed E-state index contributed by atoms with van der Waals surface area (Å²) in [6.45, 7) is 4.11. The zero-order valence-electron chi connectivity index (χ0n) is 14.9. The number of aryl methyl sites for hydroxylation is 1. The van der Waals surface area contributed by atoms with Gasteiger partial charge in [0.05, 0.1) is 18.4 Å². The van der Waals surface area contributed by atoms with Crippen LogP contribution < -0.4 is 15.0 Å². The number of benzene rings is 2. The minimum absolute atomic E-state index is 0.132. The summed E-state index contributed by atoms with van der Waals surface area (Å²) >= 11 is 0. The molecule has 2 N–H and O–H groups in total. The maximum Gasteiger partial charge on any atom is 0.335 e. The van der Waals surface area contributed by atoms with E-state index in [0.717, 1.165) is 11.3 Å². The van der Waals surface area contributed by atoms with Crippen LogP contribution in [0.15, 0.2) is 48.5 Å². The first-order chi connectivity index (χ1) is 12.4. The predicted octanol–water partition coefficient (Wildman–Crippen LogP) is 3.42. The van der Waals surface area contributed by atoms with Crippen molar-refractivity contribution in [2.24, 2.45) is 0 Å². The van der Waals surface area contributed by atoms with Crippen LogP contribution in [0.3, 0.4) is 0 Å². The minimum atomic E-state index is -1.02. The molecule has 0 aliphatic carbocycles. The molecule has 3 rings (SSSR count). The molecule has 0 spiro atoms. The van der Waals surface area contributed by atoms with Gasteiger partial charge < -0.3 is 14.6 Å². The van der Waals surface area contributed by atoms with Crippen molar-refractivity contribution in [2.75, 3.05) is 13.7 Å². The van der Waals surface area contributed by atoms with Crippen LogP contribution >= 0.6 is 0 Å². The molecular formula is C20H21NO5. The predicted molar refractivity (Wildman–Crippen MR) is 97.2 cm³/mol. The van der Waals surface area contributed by atoms with E-state index < -0.39 is 11.6 Å². The Hall–Kier alpha value is -2.99. The molecule has 1 atom stereocenters. The second kappa shape index (κ2) is 7.09. The largest absolute Gasteiger partial charge is 0.493 e. The maximum atomic E-state index is 11.2. The Kier molecular flexibility index (Phi) is 4.86. The van der Waals surface area contributed by atoms with E-state index in [4.69, 9.17) is 19.4 Å². The fourth-order valence-corrected chi connectivity index (χ4v) is 2.63. The van der Waals surface area contributed by atoms with Crippen LogP contribution in [0.5, 0.6) is 11.5 Å². The highest BCUT2D eigenvalue weighted by Gasteiger charge is 2.32. The van der Waals surface area contributed by atoms with Crippen molar-refractivity contribution >= 4 is 11.7 Å². The quantitative estimate of drug-likeness (QED) is 0.827. The van der Waals surface area contributed by atoms with Gasteiger partial charge in [0.2, 0.25) is 0 Å². The molecule has 2 aromatic carbocycles. The van der Waals surface area contributed by atoms with E-state index in [1.165, 1.54) is 24.8 Å². The summed E-state index contributed by atoms with van der Waals surface area (Å²) in [5.74, 6) is -0.203. The van der Waals surface area contributed by atoms with Crippen LogP contribution in [0.25, 0.3) is 5.70 Å². The van der Waals surface area contributed by atoms with Crippen molar-refractivity contribution in [2.45, 2.75) is 19.4 Å². The highest BCUT2D eigenvalue weighted by atomic mass is 16.7. The Morgan fingerprint density at radius 2 is 1.92 bits per heavy atom. The molecular weight excluding hydrogens is 334 g/mol. The van der Waals surface area contributed by atoms with Gasteiger partial charge >= 0.3 is 5.97 Å². The monoisotopic (exact) mass is 355 g/mol. The van der Waals surface area contributed by atoms with Crippen LogP contribution in [0.4, 0.5) is 0 Å². The fourth-order valence-electron chi connectivity index (χ4n) is 2.63. The van der Waals surface area contributed by atoms with Gasteiger partial charge in [0.25, 0.3) is 0 Å². The first-order valence-electron chi connectivity index (χ1n) is 8.18. The molecule has 0 radical (unpaired) electrons. The molecule has 6 heteroatoms. The third-order valence-corrected chi connectivity index (χ3v) is 4.13. The summed E-state index contributed by atoms with van der Waals surface area (Å²) < 4.78 is 11.1. The van der Waals surface area contributed by atoms with E-state index in [1.54, 1.807) is 6.07 Å². The topological polar surface area (TPSA) is 77.0 Å². The lowest BCUT2D eigenvalue weighted by atomic mass is 10.0. The minimum Gasteiger partial charge on any atom is -0.493 e. The van der Waals surface area contributed by atoms with Gasteiger partial charge in [-0.15, -0.1) is 0 Å². The number of hydroxylamine groups is 1. The molecule has 0 saturated heterocycles. The van der Waals surface area contributed by atoms with Crippen LogP contribution in [0.2, 0.25) is 0 Å². The highest BCUT2D eigenvalue weighted by Crippen LogP contribution is 2.31. The molecule has 1 heterocycles. The van der Waals surface area contributed by atoms with Crippen LogP contribution in [0.1, 0.15) is 28.4 Å². The number of methoxy groups -OCH3 is 1. The van der Waals surface area contributed by atoms with Crippen molar-refractivity contribution < 1.29 is 24.2 Å².